The molecule has 16 heteroatoms. The molecule has 4 atom stereocenters. The molecule has 0 radical (unpaired) electrons. The minimum absolute atomic E-state index is 0.0350. The first-order chi connectivity index (χ1) is 16.5. The van der Waals surface area contributed by atoms with Crippen LogP contribution in [0.5, 0.6) is 0 Å². The highest BCUT2D eigenvalue weighted by Crippen LogP contribution is 2.32. The van der Waals surface area contributed by atoms with Gasteiger partial charge in [-0.1, -0.05) is 11.6 Å². The Bertz CT molecular complexity index is 976. The molecule has 0 bridgehead atoms. The van der Waals surface area contributed by atoms with Crippen LogP contribution in [0.15, 0.2) is 12.3 Å². The lowest BCUT2D eigenvalue weighted by Crippen LogP contribution is -2.54. The zero-order chi connectivity index (χ0) is 25.3. The number of hydrazine groups is 1. The van der Waals surface area contributed by atoms with Crippen molar-refractivity contribution in [1.29, 1.82) is 0 Å². The van der Waals surface area contributed by atoms with E-state index in [0.717, 1.165) is 6.07 Å². The number of pyridine rings is 1. The van der Waals surface area contributed by atoms with Crippen molar-refractivity contribution < 1.29 is 13.2 Å². The number of alkyl halides is 3. The van der Waals surface area contributed by atoms with Crippen LogP contribution in [0.4, 0.5) is 36.8 Å². The molecule has 10 N–H and O–H groups in total. The van der Waals surface area contributed by atoms with Gasteiger partial charge in [-0.3, -0.25) is 10.9 Å². The van der Waals surface area contributed by atoms with Gasteiger partial charge in [-0.15, -0.1) is 0 Å². The number of rotatable bonds is 5. The predicted octanol–water partition coefficient (Wildman–Crippen LogP) is 0.107. The number of hydrogen-bond donors (Lipinski definition) is 6. The Morgan fingerprint density at radius 2 is 1.31 bits per heavy atom. The predicted molar refractivity (Wildman–Crippen MR) is 127 cm³/mol. The van der Waals surface area contributed by atoms with Crippen LogP contribution >= 0.6 is 11.6 Å². The fourth-order valence-corrected chi connectivity index (χ4v) is 4.39. The molecule has 4 heterocycles. The second kappa shape index (κ2) is 10.1. The first-order valence-corrected chi connectivity index (χ1v) is 11.4. The number of halogens is 4. The van der Waals surface area contributed by atoms with Crippen molar-refractivity contribution in [1.82, 2.24) is 19.9 Å². The van der Waals surface area contributed by atoms with E-state index in [1.54, 1.807) is 0 Å². The molecule has 0 aliphatic carbocycles. The maximum absolute atomic E-state index is 12.9. The van der Waals surface area contributed by atoms with Crippen LogP contribution in [-0.2, 0) is 6.18 Å². The van der Waals surface area contributed by atoms with Gasteiger partial charge in [0, 0.05) is 56.5 Å². The number of hydrogen-bond acceptors (Lipinski definition) is 12. The summed E-state index contributed by atoms with van der Waals surface area (Å²) in [5, 5.41) is -0.234. The quantitative estimate of drug-likeness (QED) is 0.295. The molecule has 4 rings (SSSR count). The van der Waals surface area contributed by atoms with Crippen molar-refractivity contribution in [2.75, 3.05) is 46.8 Å². The van der Waals surface area contributed by atoms with Gasteiger partial charge in [-0.05, 0) is 18.9 Å². The number of aromatic nitrogens is 4. The van der Waals surface area contributed by atoms with E-state index in [9.17, 15) is 13.2 Å². The molecule has 0 amide bonds. The molecule has 0 aromatic carbocycles. The zero-order valence-corrected chi connectivity index (χ0v) is 19.5. The molecule has 2 fully saturated rings. The van der Waals surface area contributed by atoms with Crippen molar-refractivity contribution in [2.24, 2.45) is 22.9 Å². The van der Waals surface area contributed by atoms with E-state index in [1.807, 2.05) is 9.80 Å². The van der Waals surface area contributed by atoms with Crippen LogP contribution in [0.1, 0.15) is 18.4 Å². The summed E-state index contributed by atoms with van der Waals surface area (Å²) >= 11 is 5.98. The van der Waals surface area contributed by atoms with Crippen molar-refractivity contribution in [3.8, 4) is 0 Å². The zero-order valence-electron chi connectivity index (χ0n) is 18.7. The maximum atomic E-state index is 12.9. The molecule has 2 aliphatic rings. The Labute approximate surface area is 204 Å². The Kier molecular flexibility index (Phi) is 7.32. The SMILES string of the molecule is NC1CC(N)CN(c2nc(NNc3ncc(C(F)(F)F)cc3Cl)nc(N3CC(N)CC(N)C3)n2)C1. The van der Waals surface area contributed by atoms with Gasteiger partial charge in [-0.25, -0.2) is 4.98 Å². The molecule has 0 saturated carbocycles. The summed E-state index contributed by atoms with van der Waals surface area (Å²) < 4.78 is 38.7. The number of piperidine rings is 2. The number of anilines is 4. The molecule has 35 heavy (non-hydrogen) atoms. The van der Waals surface area contributed by atoms with Crippen LogP contribution in [0.3, 0.4) is 0 Å². The molecule has 2 aromatic heterocycles. The van der Waals surface area contributed by atoms with Crippen LogP contribution in [0, 0.1) is 0 Å². The summed E-state index contributed by atoms with van der Waals surface area (Å²) in [4.78, 5) is 20.9. The highest BCUT2D eigenvalue weighted by Gasteiger charge is 2.32. The van der Waals surface area contributed by atoms with Gasteiger partial charge in [0.15, 0.2) is 5.82 Å². The van der Waals surface area contributed by atoms with E-state index in [4.69, 9.17) is 34.5 Å². The lowest BCUT2D eigenvalue weighted by molar-refractivity contribution is -0.137. The van der Waals surface area contributed by atoms with E-state index in [0.29, 0.717) is 57.1 Å². The highest BCUT2D eigenvalue weighted by molar-refractivity contribution is 6.33. The van der Waals surface area contributed by atoms with Gasteiger partial charge in [0.1, 0.15) is 0 Å². The highest BCUT2D eigenvalue weighted by atomic mass is 35.5. The van der Waals surface area contributed by atoms with E-state index in [-0.39, 0.29) is 41.0 Å². The first-order valence-electron chi connectivity index (χ1n) is 11.0. The van der Waals surface area contributed by atoms with Gasteiger partial charge in [0.05, 0.1) is 10.6 Å². The Hall–Kier alpha value is -2.72. The summed E-state index contributed by atoms with van der Waals surface area (Å²) in [5.41, 5.74) is 29.0. The third-order valence-corrected chi connectivity index (χ3v) is 5.96. The van der Waals surface area contributed by atoms with Gasteiger partial charge >= 0.3 is 6.18 Å². The molecule has 2 aromatic rings. The summed E-state index contributed by atoms with van der Waals surface area (Å²) in [6.45, 7) is 1.98. The van der Waals surface area contributed by atoms with E-state index >= 15 is 0 Å². The second-order valence-corrected chi connectivity index (χ2v) is 9.29. The maximum Gasteiger partial charge on any atom is 0.417 e. The molecule has 12 nitrogen and oxygen atoms in total. The van der Waals surface area contributed by atoms with Crippen LogP contribution in [-0.4, -0.2) is 70.3 Å². The Morgan fingerprint density at radius 3 is 1.74 bits per heavy atom. The van der Waals surface area contributed by atoms with Crippen molar-refractivity contribution >= 4 is 35.3 Å². The van der Waals surface area contributed by atoms with Crippen LogP contribution in [0.25, 0.3) is 0 Å². The fourth-order valence-electron chi connectivity index (χ4n) is 4.18. The van der Waals surface area contributed by atoms with E-state index < -0.39 is 11.7 Å². The van der Waals surface area contributed by atoms with Crippen molar-refractivity contribution in [3.05, 3.63) is 22.8 Å². The molecule has 4 unspecified atom stereocenters. The van der Waals surface area contributed by atoms with E-state index in [2.05, 4.69) is 30.8 Å². The summed E-state index contributed by atoms with van der Waals surface area (Å²) in [6, 6.07) is 0.164. The topological polar surface area (TPSA) is 186 Å². The minimum Gasteiger partial charge on any atom is -0.338 e. The first kappa shape index (κ1) is 25.4. The standard InChI is InChI=1S/C19H28ClF3N12/c20-14-1-9(19(21,22)23)4-28-15(14)32-33-16-29-17(34-5-10(24)2-11(25)6-34)31-18(30-16)35-7-12(26)3-13(27)8-35/h1,4,10-13H,2-3,5-8,24-27H2,(H,28,32)(H,29,30,31,33). The fraction of sp³-hybridized carbons (Fsp3) is 0.579. The third kappa shape index (κ3) is 6.29. The molecule has 192 valence electrons. The molecular formula is C19H28ClF3N12. The molecule has 2 aliphatic heterocycles. The Morgan fingerprint density at radius 1 is 0.829 bits per heavy atom. The number of nitrogens with zero attached hydrogens (tertiary/aromatic N) is 6. The lowest BCUT2D eigenvalue weighted by Gasteiger charge is -2.37. The average Bonchev–Trinajstić information content (AvgIpc) is 2.76. The summed E-state index contributed by atoms with van der Waals surface area (Å²) in [7, 11) is 0. The largest absolute Gasteiger partial charge is 0.417 e. The van der Waals surface area contributed by atoms with Crippen LogP contribution < -0.4 is 43.6 Å². The smallest absolute Gasteiger partial charge is 0.338 e. The molecule has 2 saturated heterocycles. The average molecular weight is 517 g/mol. The van der Waals surface area contributed by atoms with E-state index in [1.165, 1.54) is 0 Å². The van der Waals surface area contributed by atoms with Crippen LogP contribution in [0.2, 0.25) is 5.02 Å². The summed E-state index contributed by atoms with van der Waals surface area (Å²) in [6.07, 6.45) is -2.54. The van der Waals surface area contributed by atoms with Crippen molar-refractivity contribution in [3.63, 3.8) is 0 Å². The Balaban J connectivity index is 1.60. The second-order valence-electron chi connectivity index (χ2n) is 8.88. The van der Waals surface area contributed by atoms with Gasteiger partial charge < -0.3 is 32.7 Å². The van der Waals surface area contributed by atoms with Gasteiger partial charge in [0.25, 0.3) is 0 Å². The van der Waals surface area contributed by atoms with Gasteiger partial charge in [-0.2, -0.15) is 28.1 Å². The molecular weight excluding hydrogens is 489 g/mol. The van der Waals surface area contributed by atoms with Gasteiger partial charge in [0.2, 0.25) is 17.8 Å². The summed E-state index contributed by atoms with van der Waals surface area (Å²) in [5.74, 6) is 0.726. The third-order valence-electron chi connectivity index (χ3n) is 5.67. The number of nitrogens with two attached hydrogens (primary N) is 4. The lowest BCUT2D eigenvalue weighted by atomic mass is 10.0. The number of nitrogens with one attached hydrogen (secondary N) is 2. The normalized spacial score (nSPS) is 25.5. The minimum atomic E-state index is -4.56. The van der Waals surface area contributed by atoms with Crippen molar-refractivity contribution in [2.45, 2.75) is 43.2 Å². The molecule has 0 spiro atoms. The monoisotopic (exact) mass is 516 g/mol.